The second kappa shape index (κ2) is 5.75. The molecule has 1 N–H and O–H groups in total. The van der Waals surface area contributed by atoms with Crippen LogP contribution in [0.2, 0.25) is 0 Å². The van der Waals surface area contributed by atoms with E-state index in [1.165, 1.54) is 0 Å². The maximum atomic E-state index is 12.7. The summed E-state index contributed by atoms with van der Waals surface area (Å²) in [4.78, 5) is 24.4. The lowest BCUT2D eigenvalue weighted by atomic mass is 9.83. The van der Waals surface area contributed by atoms with E-state index in [1.54, 1.807) is 18.3 Å². The summed E-state index contributed by atoms with van der Waals surface area (Å²) in [5.41, 5.74) is 2.26. The van der Waals surface area contributed by atoms with Gasteiger partial charge in [-0.05, 0) is 5.56 Å². The summed E-state index contributed by atoms with van der Waals surface area (Å²) < 4.78 is 0. The van der Waals surface area contributed by atoms with Crippen LogP contribution in [-0.4, -0.2) is 11.7 Å². The van der Waals surface area contributed by atoms with E-state index in [1.807, 2.05) is 48.5 Å². The number of benzene rings is 2. The lowest BCUT2D eigenvalue weighted by Gasteiger charge is -2.23. The maximum absolute atomic E-state index is 12.7. The van der Waals surface area contributed by atoms with Crippen LogP contribution in [0.1, 0.15) is 28.3 Å². The van der Waals surface area contributed by atoms with E-state index in [4.69, 9.17) is 0 Å². The van der Waals surface area contributed by atoms with Crippen LogP contribution in [0, 0.1) is 0 Å². The molecule has 0 aromatic heterocycles. The predicted molar refractivity (Wildman–Crippen MR) is 80.8 cm³/mol. The fourth-order valence-corrected chi connectivity index (χ4v) is 2.58. The van der Waals surface area contributed by atoms with Gasteiger partial charge in [-0.2, -0.15) is 0 Å². The molecule has 0 unspecified atom stereocenters. The highest BCUT2D eigenvalue weighted by atomic mass is 16.2. The molecule has 0 bridgehead atoms. The lowest BCUT2D eigenvalue weighted by Crippen LogP contribution is -2.29. The molecule has 0 aliphatic carbocycles. The van der Waals surface area contributed by atoms with Crippen molar-refractivity contribution in [3.8, 4) is 0 Å². The highest BCUT2D eigenvalue weighted by Crippen LogP contribution is 2.32. The molecule has 0 radical (unpaired) electrons. The van der Waals surface area contributed by atoms with Crippen LogP contribution in [0.3, 0.4) is 0 Å². The molecule has 0 saturated carbocycles. The molecule has 0 fully saturated rings. The average Bonchev–Trinajstić information content (AvgIpc) is 2.56. The van der Waals surface area contributed by atoms with Gasteiger partial charge < -0.3 is 5.32 Å². The fourth-order valence-electron chi connectivity index (χ4n) is 2.58. The van der Waals surface area contributed by atoms with Crippen LogP contribution in [0.4, 0.5) is 0 Å². The average molecular weight is 277 g/mol. The Kier molecular flexibility index (Phi) is 3.65. The van der Waals surface area contributed by atoms with Gasteiger partial charge in [0.15, 0.2) is 5.78 Å². The largest absolute Gasteiger partial charge is 0.332 e. The van der Waals surface area contributed by atoms with E-state index < -0.39 is 0 Å². The quantitative estimate of drug-likeness (QED) is 0.876. The first kappa shape index (κ1) is 13.3. The standard InChI is InChI=1S/C18H15NO2/c20-17-11-15(13-7-3-1-4-8-13)16(12-19-17)18(21)14-9-5-2-6-10-14/h1-10,12,15H,11H2,(H,19,20)/t15-/m0/s1. The second-order valence-corrected chi connectivity index (χ2v) is 5.03. The molecule has 1 aliphatic rings. The molecule has 1 aliphatic heterocycles. The highest BCUT2D eigenvalue weighted by molar-refractivity contribution is 6.10. The van der Waals surface area contributed by atoms with E-state index in [0.29, 0.717) is 17.6 Å². The summed E-state index contributed by atoms with van der Waals surface area (Å²) in [6, 6.07) is 18.8. The lowest BCUT2D eigenvalue weighted by molar-refractivity contribution is -0.120. The Labute approximate surface area is 123 Å². The van der Waals surface area contributed by atoms with Gasteiger partial charge in [0.2, 0.25) is 5.91 Å². The highest BCUT2D eigenvalue weighted by Gasteiger charge is 2.28. The first-order chi connectivity index (χ1) is 10.3. The fraction of sp³-hybridized carbons (Fsp3) is 0.111. The van der Waals surface area contributed by atoms with Crippen LogP contribution < -0.4 is 5.32 Å². The van der Waals surface area contributed by atoms with Crippen molar-refractivity contribution in [1.29, 1.82) is 0 Å². The van der Waals surface area contributed by atoms with E-state index in [2.05, 4.69) is 5.32 Å². The summed E-state index contributed by atoms with van der Waals surface area (Å²) in [7, 11) is 0. The third-order valence-electron chi connectivity index (χ3n) is 3.65. The molecule has 1 atom stereocenters. The van der Waals surface area contributed by atoms with Crippen molar-refractivity contribution in [2.24, 2.45) is 0 Å². The number of hydrogen-bond donors (Lipinski definition) is 1. The molecule has 104 valence electrons. The van der Waals surface area contributed by atoms with Crippen molar-refractivity contribution >= 4 is 11.7 Å². The number of carbonyl (C=O) groups is 2. The molecule has 21 heavy (non-hydrogen) atoms. The van der Waals surface area contributed by atoms with Crippen LogP contribution in [0.25, 0.3) is 0 Å². The Balaban J connectivity index is 1.98. The van der Waals surface area contributed by atoms with E-state index in [0.717, 1.165) is 5.56 Å². The topological polar surface area (TPSA) is 46.2 Å². The van der Waals surface area contributed by atoms with Gasteiger partial charge in [-0.3, -0.25) is 9.59 Å². The van der Waals surface area contributed by atoms with Gasteiger partial charge in [0, 0.05) is 29.7 Å². The molecule has 3 heteroatoms. The molecule has 3 rings (SSSR count). The Hall–Kier alpha value is -2.68. The maximum Gasteiger partial charge on any atom is 0.224 e. The molecule has 0 spiro atoms. The Morgan fingerprint density at radius 1 is 0.952 bits per heavy atom. The Bertz CT molecular complexity index is 690. The number of Topliss-reactive ketones (excluding diaryl/α,β-unsaturated/α-hetero) is 1. The van der Waals surface area contributed by atoms with Gasteiger partial charge in [0.1, 0.15) is 0 Å². The number of carbonyl (C=O) groups excluding carboxylic acids is 2. The molecule has 3 nitrogen and oxygen atoms in total. The third kappa shape index (κ3) is 2.77. The van der Waals surface area contributed by atoms with Crippen LogP contribution in [0.15, 0.2) is 72.4 Å². The molecule has 2 aromatic rings. The van der Waals surface area contributed by atoms with Gasteiger partial charge >= 0.3 is 0 Å². The minimum absolute atomic E-state index is 0.0375. The number of ketones is 1. The summed E-state index contributed by atoms with van der Waals surface area (Å²) in [5.74, 6) is -0.287. The number of amides is 1. The second-order valence-electron chi connectivity index (χ2n) is 5.03. The summed E-state index contributed by atoms with van der Waals surface area (Å²) in [6.07, 6.45) is 1.85. The van der Waals surface area contributed by atoms with Gasteiger partial charge in [-0.1, -0.05) is 60.7 Å². The zero-order valence-corrected chi connectivity index (χ0v) is 11.5. The first-order valence-corrected chi connectivity index (χ1v) is 6.90. The van der Waals surface area contributed by atoms with Gasteiger partial charge in [-0.15, -0.1) is 0 Å². The molecule has 0 saturated heterocycles. The van der Waals surface area contributed by atoms with Crippen molar-refractivity contribution in [3.05, 3.63) is 83.6 Å². The monoisotopic (exact) mass is 277 g/mol. The van der Waals surface area contributed by atoms with Crippen LogP contribution in [-0.2, 0) is 4.79 Å². The smallest absolute Gasteiger partial charge is 0.224 e. The van der Waals surface area contributed by atoms with E-state index in [9.17, 15) is 9.59 Å². The van der Waals surface area contributed by atoms with Crippen molar-refractivity contribution in [1.82, 2.24) is 5.32 Å². The normalized spacial score (nSPS) is 17.8. The van der Waals surface area contributed by atoms with Gasteiger partial charge in [0.05, 0.1) is 0 Å². The van der Waals surface area contributed by atoms with Gasteiger partial charge in [0.25, 0.3) is 0 Å². The number of rotatable bonds is 3. The molecule has 1 amide bonds. The number of nitrogens with one attached hydrogen (secondary N) is 1. The number of allylic oxidation sites excluding steroid dienone is 1. The predicted octanol–water partition coefficient (Wildman–Crippen LogP) is 3.06. The molecular weight excluding hydrogens is 262 g/mol. The van der Waals surface area contributed by atoms with Gasteiger partial charge in [-0.25, -0.2) is 0 Å². The molecular formula is C18H15NO2. The minimum Gasteiger partial charge on any atom is -0.332 e. The third-order valence-corrected chi connectivity index (χ3v) is 3.65. The van der Waals surface area contributed by atoms with E-state index in [-0.39, 0.29) is 17.6 Å². The summed E-state index contributed by atoms with van der Waals surface area (Å²) in [6.45, 7) is 0. The van der Waals surface area contributed by atoms with Crippen molar-refractivity contribution in [3.63, 3.8) is 0 Å². The van der Waals surface area contributed by atoms with Crippen molar-refractivity contribution < 1.29 is 9.59 Å². The Morgan fingerprint density at radius 3 is 2.24 bits per heavy atom. The first-order valence-electron chi connectivity index (χ1n) is 6.90. The zero-order chi connectivity index (χ0) is 14.7. The summed E-state index contributed by atoms with van der Waals surface area (Å²) in [5, 5.41) is 2.66. The molecule has 1 heterocycles. The SMILES string of the molecule is O=C1C[C@@H](c2ccccc2)C(C(=O)c2ccccc2)=CN1. The van der Waals surface area contributed by atoms with Crippen LogP contribution in [0.5, 0.6) is 0 Å². The van der Waals surface area contributed by atoms with Crippen LogP contribution >= 0.6 is 0 Å². The van der Waals surface area contributed by atoms with E-state index >= 15 is 0 Å². The Morgan fingerprint density at radius 2 is 1.57 bits per heavy atom. The minimum atomic E-state index is -0.187. The summed E-state index contributed by atoms with van der Waals surface area (Å²) >= 11 is 0. The number of hydrogen-bond acceptors (Lipinski definition) is 2. The zero-order valence-electron chi connectivity index (χ0n) is 11.5. The molecule has 2 aromatic carbocycles. The van der Waals surface area contributed by atoms with Crippen molar-refractivity contribution in [2.75, 3.05) is 0 Å². The van der Waals surface area contributed by atoms with Crippen molar-refractivity contribution in [2.45, 2.75) is 12.3 Å².